The van der Waals surface area contributed by atoms with Gasteiger partial charge in [-0.05, 0) is 44.2 Å². The van der Waals surface area contributed by atoms with E-state index < -0.39 is 5.97 Å². The number of aryl methyl sites for hydroxylation is 2. The molecule has 18 heavy (non-hydrogen) atoms. The Kier molecular flexibility index (Phi) is 4.02. The molecule has 1 fully saturated rings. The van der Waals surface area contributed by atoms with E-state index in [2.05, 4.69) is 36.9 Å². The van der Waals surface area contributed by atoms with E-state index in [-0.39, 0.29) is 6.54 Å². The smallest absolute Gasteiger partial charge is 0.317 e. The maximum absolute atomic E-state index is 10.8. The second kappa shape index (κ2) is 5.53. The van der Waals surface area contributed by atoms with Crippen molar-refractivity contribution in [3.63, 3.8) is 0 Å². The molecule has 0 radical (unpaired) electrons. The highest BCUT2D eigenvalue weighted by Gasteiger charge is 2.29. The predicted molar refractivity (Wildman–Crippen MR) is 71.9 cm³/mol. The number of carbonyl (C=O) groups is 1. The van der Waals surface area contributed by atoms with E-state index in [9.17, 15) is 4.79 Å². The fraction of sp³-hybridized carbons (Fsp3) is 0.533. The van der Waals surface area contributed by atoms with E-state index in [0.29, 0.717) is 6.04 Å². The Labute approximate surface area is 108 Å². The van der Waals surface area contributed by atoms with E-state index in [1.165, 1.54) is 16.7 Å². The first-order valence-corrected chi connectivity index (χ1v) is 6.58. The molecule has 2 rings (SSSR count). The first-order chi connectivity index (χ1) is 8.56. The Morgan fingerprint density at radius 2 is 2.11 bits per heavy atom. The van der Waals surface area contributed by atoms with Crippen LogP contribution < -0.4 is 0 Å². The van der Waals surface area contributed by atoms with Gasteiger partial charge in [0.1, 0.15) is 0 Å². The molecule has 1 saturated carbocycles. The highest BCUT2D eigenvalue weighted by Crippen LogP contribution is 2.26. The van der Waals surface area contributed by atoms with Crippen LogP contribution in [0.1, 0.15) is 29.5 Å². The number of rotatable bonds is 6. The zero-order valence-electron chi connectivity index (χ0n) is 11.1. The van der Waals surface area contributed by atoms with Crippen molar-refractivity contribution in [1.82, 2.24) is 4.90 Å². The first kappa shape index (κ1) is 13.1. The summed E-state index contributed by atoms with van der Waals surface area (Å²) in [7, 11) is 0. The van der Waals surface area contributed by atoms with Crippen LogP contribution in [0.4, 0.5) is 0 Å². The zero-order valence-corrected chi connectivity index (χ0v) is 11.1. The first-order valence-electron chi connectivity index (χ1n) is 6.58. The van der Waals surface area contributed by atoms with Crippen LogP contribution in [-0.4, -0.2) is 35.1 Å². The lowest BCUT2D eigenvalue weighted by Gasteiger charge is -2.20. The largest absolute Gasteiger partial charge is 0.480 e. The van der Waals surface area contributed by atoms with Crippen molar-refractivity contribution in [3.05, 3.63) is 34.9 Å². The molecule has 3 nitrogen and oxygen atoms in total. The summed E-state index contributed by atoms with van der Waals surface area (Å²) >= 11 is 0. The Morgan fingerprint density at radius 3 is 2.72 bits per heavy atom. The summed E-state index contributed by atoms with van der Waals surface area (Å²) in [5, 5.41) is 8.91. The van der Waals surface area contributed by atoms with E-state index >= 15 is 0 Å². The molecule has 1 aromatic rings. The predicted octanol–water partition coefficient (Wildman–Crippen LogP) is 2.39. The molecule has 98 valence electrons. The van der Waals surface area contributed by atoms with Gasteiger partial charge in [-0.25, -0.2) is 0 Å². The summed E-state index contributed by atoms with van der Waals surface area (Å²) in [6.45, 7) is 5.24. The minimum atomic E-state index is -0.720. The molecular weight excluding hydrogens is 226 g/mol. The minimum Gasteiger partial charge on any atom is -0.480 e. The summed E-state index contributed by atoms with van der Waals surface area (Å²) in [5.41, 5.74) is 3.91. The molecule has 1 N–H and O–H groups in total. The van der Waals surface area contributed by atoms with E-state index in [1.807, 2.05) is 0 Å². The number of carboxylic acids is 1. The monoisotopic (exact) mass is 247 g/mol. The molecule has 0 bridgehead atoms. The second-order valence-electron chi connectivity index (χ2n) is 5.28. The van der Waals surface area contributed by atoms with Gasteiger partial charge in [-0.2, -0.15) is 0 Å². The number of hydrogen-bond donors (Lipinski definition) is 1. The van der Waals surface area contributed by atoms with Crippen LogP contribution in [0.15, 0.2) is 18.2 Å². The average molecular weight is 247 g/mol. The van der Waals surface area contributed by atoms with Gasteiger partial charge in [0.15, 0.2) is 0 Å². The van der Waals surface area contributed by atoms with Gasteiger partial charge in [0.05, 0.1) is 6.54 Å². The quantitative estimate of drug-likeness (QED) is 0.839. The lowest BCUT2D eigenvalue weighted by molar-refractivity contribution is -0.138. The number of aliphatic carboxylic acids is 1. The van der Waals surface area contributed by atoms with Crippen molar-refractivity contribution in [2.75, 3.05) is 13.1 Å². The van der Waals surface area contributed by atoms with Crippen molar-refractivity contribution < 1.29 is 9.90 Å². The molecule has 0 saturated heterocycles. The van der Waals surface area contributed by atoms with Crippen LogP contribution >= 0.6 is 0 Å². The molecule has 0 amide bonds. The maximum atomic E-state index is 10.8. The molecule has 0 atom stereocenters. The van der Waals surface area contributed by atoms with Gasteiger partial charge in [0.2, 0.25) is 0 Å². The van der Waals surface area contributed by atoms with Gasteiger partial charge in [-0.15, -0.1) is 0 Å². The lowest BCUT2D eigenvalue weighted by Crippen LogP contribution is -2.33. The molecule has 1 aliphatic rings. The summed E-state index contributed by atoms with van der Waals surface area (Å²) in [5.74, 6) is -0.720. The van der Waals surface area contributed by atoms with Gasteiger partial charge in [-0.1, -0.05) is 23.8 Å². The topological polar surface area (TPSA) is 40.5 Å². The van der Waals surface area contributed by atoms with Crippen LogP contribution in [0.2, 0.25) is 0 Å². The molecular formula is C15H21NO2. The van der Waals surface area contributed by atoms with Gasteiger partial charge < -0.3 is 5.11 Å². The fourth-order valence-corrected chi connectivity index (χ4v) is 2.34. The zero-order chi connectivity index (χ0) is 13.1. The molecule has 1 aromatic carbocycles. The molecule has 0 spiro atoms. The summed E-state index contributed by atoms with van der Waals surface area (Å²) in [6, 6.07) is 6.98. The van der Waals surface area contributed by atoms with E-state index in [4.69, 9.17) is 5.11 Å². The molecule has 0 aromatic heterocycles. The molecule has 0 heterocycles. The third-order valence-electron chi connectivity index (χ3n) is 3.57. The normalized spacial score (nSPS) is 15.1. The van der Waals surface area contributed by atoms with E-state index in [1.54, 1.807) is 0 Å². The number of nitrogens with zero attached hydrogens (tertiary/aromatic N) is 1. The van der Waals surface area contributed by atoms with Gasteiger partial charge in [0.25, 0.3) is 0 Å². The molecule has 1 aliphatic carbocycles. The van der Waals surface area contributed by atoms with Crippen molar-refractivity contribution in [2.45, 2.75) is 39.2 Å². The van der Waals surface area contributed by atoms with Crippen LogP contribution in [-0.2, 0) is 11.2 Å². The number of hydrogen-bond acceptors (Lipinski definition) is 2. The Hall–Kier alpha value is -1.35. The van der Waals surface area contributed by atoms with Crippen molar-refractivity contribution in [2.24, 2.45) is 0 Å². The number of benzene rings is 1. The molecule has 3 heteroatoms. The minimum absolute atomic E-state index is 0.176. The summed E-state index contributed by atoms with van der Waals surface area (Å²) < 4.78 is 0. The van der Waals surface area contributed by atoms with Crippen LogP contribution in [0.5, 0.6) is 0 Å². The Bertz CT molecular complexity index is 438. The Morgan fingerprint density at radius 1 is 1.39 bits per heavy atom. The van der Waals surface area contributed by atoms with Crippen molar-refractivity contribution in [3.8, 4) is 0 Å². The standard InChI is InChI=1S/C15H21NO2/c1-11-3-4-12(2)13(9-11)7-8-16(10-15(17)18)14-5-6-14/h3-4,9,14H,5-8,10H2,1-2H3,(H,17,18). The highest BCUT2D eigenvalue weighted by molar-refractivity contribution is 5.69. The van der Waals surface area contributed by atoms with Gasteiger partial charge >= 0.3 is 5.97 Å². The summed E-state index contributed by atoms with van der Waals surface area (Å²) in [4.78, 5) is 12.9. The highest BCUT2D eigenvalue weighted by atomic mass is 16.4. The van der Waals surface area contributed by atoms with Crippen LogP contribution in [0.25, 0.3) is 0 Å². The molecule has 0 unspecified atom stereocenters. The third kappa shape index (κ3) is 3.57. The van der Waals surface area contributed by atoms with Crippen LogP contribution in [0.3, 0.4) is 0 Å². The average Bonchev–Trinajstić information content (AvgIpc) is 3.12. The van der Waals surface area contributed by atoms with Gasteiger partial charge in [0, 0.05) is 12.6 Å². The van der Waals surface area contributed by atoms with Crippen molar-refractivity contribution in [1.29, 1.82) is 0 Å². The molecule has 0 aliphatic heterocycles. The summed E-state index contributed by atoms with van der Waals surface area (Å²) in [6.07, 6.45) is 3.25. The van der Waals surface area contributed by atoms with Crippen molar-refractivity contribution >= 4 is 5.97 Å². The van der Waals surface area contributed by atoms with Crippen LogP contribution in [0, 0.1) is 13.8 Å². The Balaban J connectivity index is 1.96. The second-order valence-corrected chi connectivity index (χ2v) is 5.28. The fourth-order valence-electron chi connectivity index (χ4n) is 2.34. The third-order valence-corrected chi connectivity index (χ3v) is 3.57. The number of carboxylic acid groups (broad SMARTS) is 1. The lowest BCUT2D eigenvalue weighted by atomic mass is 10.0. The van der Waals surface area contributed by atoms with E-state index in [0.717, 1.165) is 25.8 Å². The maximum Gasteiger partial charge on any atom is 0.317 e. The van der Waals surface area contributed by atoms with Gasteiger partial charge in [-0.3, -0.25) is 9.69 Å². The SMILES string of the molecule is Cc1ccc(C)c(CCN(CC(=O)O)C2CC2)c1.